The van der Waals surface area contributed by atoms with Gasteiger partial charge in [0.2, 0.25) is 0 Å². The second kappa shape index (κ2) is 9.57. The zero-order chi connectivity index (χ0) is 2.71. The predicted octanol–water partition coefficient (Wildman–Crippen LogP) is 0.474. The third kappa shape index (κ3) is 9.00. The van der Waals surface area contributed by atoms with Crippen molar-refractivity contribution in [1.82, 2.24) is 0 Å². The van der Waals surface area contributed by atoms with Crippen LogP contribution in [0.15, 0.2) is 0 Å². The van der Waals surface area contributed by atoms with Crippen molar-refractivity contribution in [1.29, 1.82) is 0 Å². The van der Waals surface area contributed by atoms with E-state index in [1.165, 1.54) is 0 Å². The van der Waals surface area contributed by atoms with Crippen LogP contribution in [-0.4, -0.2) is 42.9 Å². The SMILES string of the molecule is [I][Pb][I].[PbH2]. The van der Waals surface area contributed by atoms with Crippen LogP contribution in [0.25, 0.3) is 0 Å². The monoisotopic (exact) mass is 672 g/mol. The van der Waals surface area contributed by atoms with E-state index < -0.39 is 0 Å². The summed E-state index contributed by atoms with van der Waals surface area (Å²) >= 11 is 4.96. The Balaban J connectivity index is 0. The molecule has 0 aromatic heterocycles. The molecule has 0 aromatic rings. The van der Waals surface area contributed by atoms with Gasteiger partial charge in [0, 0.05) is 0 Å². The molecule has 0 spiro atoms. The maximum atomic E-state index is 2.47. The average Bonchev–Trinajstić information content (AvgIpc) is 0.918. The molecule has 0 bridgehead atoms. The zero-order valence-corrected chi connectivity index (χ0v) is 15.7. The molecule has 0 aliphatic carbocycles. The molecule has 4 heavy (non-hydrogen) atoms. The van der Waals surface area contributed by atoms with Crippen LogP contribution in [0.3, 0.4) is 0 Å². The summed E-state index contributed by atoms with van der Waals surface area (Å²) in [6.45, 7) is 0. The Bertz CT molecular complexity index is 4.00. The molecule has 0 saturated heterocycles. The first kappa shape index (κ1) is 10.3. The summed E-state index contributed by atoms with van der Waals surface area (Å²) in [5.41, 5.74) is 0. The van der Waals surface area contributed by atoms with Gasteiger partial charge in [0.15, 0.2) is 0 Å². The van der Waals surface area contributed by atoms with Crippen LogP contribution in [0.4, 0.5) is 0 Å². The summed E-state index contributed by atoms with van der Waals surface area (Å²) < 4.78 is 0. The summed E-state index contributed by atoms with van der Waals surface area (Å²) in [5.74, 6) is 0. The van der Waals surface area contributed by atoms with E-state index in [9.17, 15) is 0 Å². The van der Waals surface area contributed by atoms with Gasteiger partial charge in [0.05, 0.1) is 0 Å². The number of halogens is 2. The molecule has 0 nitrogen and oxygen atoms in total. The van der Waals surface area contributed by atoms with E-state index in [2.05, 4.69) is 35.5 Å². The summed E-state index contributed by atoms with van der Waals surface area (Å²) in [6, 6.07) is 0. The van der Waals surface area contributed by atoms with Crippen LogP contribution in [0, 0.1) is 0 Å². The van der Waals surface area contributed by atoms with Crippen LogP contribution in [0.2, 0.25) is 0 Å². The molecule has 0 aliphatic rings. The molecule has 0 saturated carbocycles. The maximum absolute atomic E-state index is 2.47. The Hall–Kier alpha value is 3.30. The standard InChI is InChI=1S/2HI.2Pb.2H/h2*1H;;;;/q;;;+2;;/p-2. The molecule has 0 heterocycles. The molecule has 0 aromatic carbocycles. The molecule has 0 rings (SSSR count). The first-order chi connectivity index (χ1) is 1.41. The quantitative estimate of drug-likeness (QED) is 0.260. The third-order valence-corrected chi connectivity index (χ3v) is 0. The number of hydrogen-bond acceptors (Lipinski definition) is 0. The molecule has 0 aliphatic heterocycles. The van der Waals surface area contributed by atoms with E-state index in [0.29, 0.717) is 0 Å². The van der Waals surface area contributed by atoms with E-state index in [1.54, 1.807) is 0 Å². The normalized spacial score (nSPS) is 4.50. The van der Waals surface area contributed by atoms with E-state index in [1.807, 2.05) is 0 Å². The van der Waals surface area contributed by atoms with Crippen molar-refractivity contribution in [2.45, 2.75) is 0 Å². The molecule has 0 fully saturated rings. The Kier molecular flexibility index (Phi) is 24.7. The minimum absolute atomic E-state index is 0. The van der Waals surface area contributed by atoms with Crippen molar-refractivity contribution >= 4 is 78.5 Å². The molecule has 0 amide bonds. The number of hydrogen-bond donors (Lipinski definition) is 0. The van der Waals surface area contributed by atoms with Crippen LogP contribution in [-0.2, 0) is 0 Å². The molecular weight excluding hydrogens is 668 g/mol. The topological polar surface area (TPSA) is 0 Å². The first-order valence-corrected chi connectivity index (χ1v) is 22.2. The van der Waals surface area contributed by atoms with Crippen molar-refractivity contribution in [2.75, 3.05) is 0 Å². The Labute approximate surface area is 76.1 Å². The molecule has 0 N–H and O–H groups in total. The van der Waals surface area contributed by atoms with Crippen LogP contribution in [0.1, 0.15) is 0 Å². The third-order valence-electron chi connectivity index (χ3n) is 0. The van der Waals surface area contributed by atoms with Gasteiger partial charge in [-0.15, -0.1) is 0 Å². The zero-order valence-electron chi connectivity index (χ0n) is 1.96. The van der Waals surface area contributed by atoms with E-state index >= 15 is 0 Å². The van der Waals surface area contributed by atoms with Crippen molar-refractivity contribution in [2.24, 2.45) is 0 Å². The Morgan fingerprint density at radius 3 is 1.25 bits per heavy atom. The van der Waals surface area contributed by atoms with Gasteiger partial charge >= 0.3 is 78.5 Å². The van der Waals surface area contributed by atoms with Crippen molar-refractivity contribution in [3.63, 3.8) is 0 Å². The van der Waals surface area contributed by atoms with Gasteiger partial charge < -0.3 is 0 Å². The summed E-state index contributed by atoms with van der Waals surface area (Å²) in [4.78, 5) is 0. The fraction of sp³-hybridized carbons (Fsp3) is 0. The molecule has 4 radical (unpaired) electrons. The fourth-order valence-electron chi connectivity index (χ4n) is 0. The minimum atomic E-state index is 0. The van der Waals surface area contributed by atoms with Crippen LogP contribution >= 0.6 is 35.5 Å². The van der Waals surface area contributed by atoms with Crippen molar-refractivity contribution in [3.05, 3.63) is 0 Å². The molecule has 4 heteroatoms. The molecule has 24 valence electrons. The molecule has 0 atom stereocenters. The Morgan fingerprint density at radius 2 is 1.25 bits per heavy atom. The van der Waals surface area contributed by atoms with Gasteiger partial charge in [0.1, 0.15) is 0 Å². The van der Waals surface area contributed by atoms with Gasteiger partial charge in [-0.2, -0.15) is 0 Å². The molecular formula is H2I2Pb2. The van der Waals surface area contributed by atoms with E-state index in [-0.39, 0.29) is 42.9 Å². The second-order valence-electron chi connectivity index (χ2n) is 0.0714. The Morgan fingerprint density at radius 1 is 1.25 bits per heavy atom. The van der Waals surface area contributed by atoms with Gasteiger partial charge in [-0.25, -0.2) is 0 Å². The predicted molar refractivity (Wildman–Crippen MR) is 42.3 cm³/mol. The fourth-order valence-corrected chi connectivity index (χ4v) is 0. The number of rotatable bonds is 0. The van der Waals surface area contributed by atoms with E-state index in [0.717, 1.165) is 0 Å². The van der Waals surface area contributed by atoms with Gasteiger partial charge in [-0.05, 0) is 0 Å². The summed E-state index contributed by atoms with van der Waals surface area (Å²) in [7, 11) is 0. The van der Waals surface area contributed by atoms with Crippen molar-refractivity contribution < 1.29 is 0 Å². The van der Waals surface area contributed by atoms with Crippen LogP contribution in [0.5, 0.6) is 0 Å². The second-order valence-corrected chi connectivity index (χ2v) is 28.2. The van der Waals surface area contributed by atoms with E-state index in [4.69, 9.17) is 0 Å². The van der Waals surface area contributed by atoms with Crippen molar-refractivity contribution in [3.8, 4) is 0 Å². The molecule has 0 unspecified atom stereocenters. The summed E-state index contributed by atoms with van der Waals surface area (Å²) in [5, 5.41) is 0. The van der Waals surface area contributed by atoms with Gasteiger partial charge in [-0.1, -0.05) is 0 Å². The van der Waals surface area contributed by atoms with Crippen LogP contribution < -0.4 is 0 Å². The average molecular weight is 670 g/mol. The van der Waals surface area contributed by atoms with Gasteiger partial charge in [0.25, 0.3) is 0 Å². The summed E-state index contributed by atoms with van der Waals surface area (Å²) in [6.07, 6.45) is 0. The first-order valence-electron chi connectivity index (χ1n) is 0.378. The van der Waals surface area contributed by atoms with Gasteiger partial charge in [-0.3, -0.25) is 0 Å².